The Labute approximate surface area is 128 Å². The average Bonchev–Trinajstić information content (AvgIpc) is 2.46. The lowest BCUT2D eigenvalue weighted by Crippen LogP contribution is -2.34. The van der Waals surface area contributed by atoms with Crippen molar-refractivity contribution in [2.75, 3.05) is 11.9 Å². The Morgan fingerprint density at radius 1 is 1.10 bits per heavy atom. The van der Waals surface area contributed by atoms with Gasteiger partial charge in [0.05, 0.1) is 0 Å². The highest BCUT2D eigenvalue weighted by Gasteiger charge is 2.35. The molecule has 21 heavy (non-hydrogen) atoms. The first-order valence-electron chi connectivity index (χ1n) is 5.99. The van der Waals surface area contributed by atoms with Crippen LogP contribution in [0.15, 0.2) is 47.1 Å². The van der Waals surface area contributed by atoms with Crippen LogP contribution in [0.3, 0.4) is 0 Å². The van der Waals surface area contributed by atoms with Gasteiger partial charge in [0, 0.05) is 23.3 Å². The third kappa shape index (κ3) is 3.74. The molecule has 0 aliphatic rings. The third-order valence-corrected chi connectivity index (χ3v) is 3.52. The van der Waals surface area contributed by atoms with E-state index in [1.54, 1.807) is 24.3 Å². The van der Waals surface area contributed by atoms with Crippen LogP contribution in [0.4, 0.5) is 19.0 Å². The normalized spacial score (nSPS) is 13.0. The van der Waals surface area contributed by atoms with Crippen molar-refractivity contribution >= 4 is 21.7 Å². The van der Waals surface area contributed by atoms with Gasteiger partial charge in [-0.1, -0.05) is 34.1 Å². The SMILES string of the molecule is CN(c1ccc(C(O)c2ccc(Br)cc2)cn1)C(F)(F)F. The van der Waals surface area contributed by atoms with E-state index in [0.717, 1.165) is 11.5 Å². The first kappa shape index (κ1) is 15.8. The quantitative estimate of drug-likeness (QED) is 0.843. The van der Waals surface area contributed by atoms with Crippen LogP contribution in [0.25, 0.3) is 0 Å². The van der Waals surface area contributed by atoms with E-state index in [-0.39, 0.29) is 10.7 Å². The Balaban J connectivity index is 2.20. The topological polar surface area (TPSA) is 36.4 Å². The summed E-state index contributed by atoms with van der Waals surface area (Å²) in [5, 5.41) is 10.2. The van der Waals surface area contributed by atoms with Gasteiger partial charge >= 0.3 is 6.30 Å². The van der Waals surface area contributed by atoms with Crippen molar-refractivity contribution in [1.82, 2.24) is 4.98 Å². The number of aliphatic hydroxyl groups is 1. The van der Waals surface area contributed by atoms with Gasteiger partial charge in [0.1, 0.15) is 11.9 Å². The number of hydrogen-bond donors (Lipinski definition) is 1. The zero-order chi connectivity index (χ0) is 15.6. The van der Waals surface area contributed by atoms with Crippen LogP contribution in [0.1, 0.15) is 17.2 Å². The molecule has 0 aliphatic carbocycles. The van der Waals surface area contributed by atoms with Crippen LogP contribution < -0.4 is 4.90 Å². The van der Waals surface area contributed by atoms with Crippen molar-refractivity contribution in [3.63, 3.8) is 0 Å². The summed E-state index contributed by atoms with van der Waals surface area (Å²) in [6, 6.07) is 9.66. The van der Waals surface area contributed by atoms with Crippen molar-refractivity contribution in [3.8, 4) is 0 Å². The molecule has 0 fully saturated rings. The number of aromatic nitrogens is 1. The molecule has 2 rings (SSSR count). The van der Waals surface area contributed by atoms with Crippen molar-refractivity contribution < 1.29 is 18.3 Å². The summed E-state index contributed by atoms with van der Waals surface area (Å²) in [5.41, 5.74) is 1.06. The Kier molecular flexibility index (Phi) is 4.53. The summed E-state index contributed by atoms with van der Waals surface area (Å²) in [6.07, 6.45) is -4.18. The number of hydrogen-bond acceptors (Lipinski definition) is 3. The van der Waals surface area contributed by atoms with Gasteiger partial charge in [-0.3, -0.25) is 4.90 Å². The van der Waals surface area contributed by atoms with E-state index < -0.39 is 12.4 Å². The van der Waals surface area contributed by atoms with Gasteiger partial charge in [0.25, 0.3) is 0 Å². The molecular formula is C14H12BrF3N2O. The lowest BCUT2D eigenvalue weighted by atomic mass is 10.0. The number of anilines is 1. The third-order valence-electron chi connectivity index (χ3n) is 3.00. The van der Waals surface area contributed by atoms with Crippen LogP contribution in [0.5, 0.6) is 0 Å². The van der Waals surface area contributed by atoms with E-state index in [1.807, 2.05) is 0 Å². The molecule has 0 saturated heterocycles. The van der Waals surface area contributed by atoms with Crippen molar-refractivity contribution in [2.45, 2.75) is 12.4 Å². The van der Waals surface area contributed by atoms with E-state index in [4.69, 9.17) is 0 Å². The second kappa shape index (κ2) is 6.03. The van der Waals surface area contributed by atoms with Gasteiger partial charge in [-0.05, 0) is 23.8 Å². The maximum Gasteiger partial charge on any atom is 0.485 e. The Hall–Kier alpha value is -1.60. The van der Waals surface area contributed by atoms with Gasteiger partial charge in [0.15, 0.2) is 0 Å². The summed E-state index contributed by atoms with van der Waals surface area (Å²) >= 11 is 3.29. The molecule has 1 heterocycles. The maximum absolute atomic E-state index is 12.5. The van der Waals surface area contributed by atoms with Crippen LogP contribution in [-0.2, 0) is 0 Å². The molecule has 0 aliphatic heterocycles. The minimum atomic E-state index is -4.49. The fourth-order valence-corrected chi connectivity index (χ4v) is 1.99. The number of alkyl halides is 3. The number of halogens is 4. The van der Waals surface area contributed by atoms with Crippen molar-refractivity contribution in [2.24, 2.45) is 0 Å². The lowest BCUT2D eigenvalue weighted by molar-refractivity contribution is -0.126. The number of benzene rings is 1. The van der Waals surface area contributed by atoms with Crippen molar-refractivity contribution in [3.05, 3.63) is 58.2 Å². The molecule has 1 aromatic carbocycles. The Morgan fingerprint density at radius 2 is 1.67 bits per heavy atom. The standard InChI is InChI=1S/C14H12BrF3N2O/c1-20(14(16,17)18)12-7-4-10(8-19-12)13(21)9-2-5-11(15)6-3-9/h2-8,13,21H,1H3. The fraction of sp³-hybridized carbons (Fsp3) is 0.214. The Morgan fingerprint density at radius 3 is 2.14 bits per heavy atom. The Bertz CT molecular complexity index is 599. The number of rotatable bonds is 3. The molecule has 0 saturated carbocycles. The monoisotopic (exact) mass is 360 g/mol. The van der Waals surface area contributed by atoms with Gasteiger partial charge in [-0.15, -0.1) is 0 Å². The van der Waals surface area contributed by atoms with Crippen LogP contribution in [0.2, 0.25) is 0 Å². The molecule has 0 radical (unpaired) electrons. The highest BCUT2D eigenvalue weighted by Crippen LogP contribution is 2.27. The highest BCUT2D eigenvalue weighted by atomic mass is 79.9. The molecule has 112 valence electrons. The van der Waals surface area contributed by atoms with E-state index in [1.165, 1.54) is 18.3 Å². The summed E-state index contributed by atoms with van der Waals surface area (Å²) in [7, 11) is 0.896. The lowest BCUT2D eigenvalue weighted by Gasteiger charge is -2.21. The van der Waals surface area contributed by atoms with Crippen LogP contribution in [-0.4, -0.2) is 23.4 Å². The summed E-state index contributed by atoms with van der Waals surface area (Å²) in [5.74, 6) is -0.228. The zero-order valence-corrected chi connectivity index (χ0v) is 12.6. The smallest absolute Gasteiger partial charge is 0.384 e. The number of pyridine rings is 1. The van der Waals surface area contributed by atoms with E-state index in [9.17, 15) is 18.3 Å². The van der Waals surface area contributed by atoms with Crippen molar-refractivity contribution in [1.29, 1.82) is 0 Å². The molecule has 0 spiro atoms. The summed E-state index contributed by atoms with van der Waals surface area (Å²) < 4.78 is 38.5. The van der Waals surface area contributed by atoms with Crippen LogP contribution in [0, 0.1) is 0 Å². The molecule has 1 N–H and O–H groups in total. The predicted molar refractivity (Wildman–Crippen MR) is 76.9 cm³/mol. The molecule has 0 amide bonds. The molecule has 1 atom stereocenters. The molecule has 3 nitrogen and oxygen atoms in total. The molecule has 1 aromatic heterocycles. The first-order valence-corrected chi connectivity index (χ1v) is 6.78. The molecule has 2 aromatic rings. The summed E-state index contributed by atoms with van der Waals surface area (Å²) in [4.78, 5) is 3.86. The van der Waals surface area contributed by atoms with E-state index >= 15 is 0 Å². The second-order valence-corrected chi connectivity index (χ2v) is 5.35. The number of nitrogens with zero attached hydrogens (tertiary/aromatic N) is 2. The average molecular weight is 361 g/mol. The second-order valence-electron chi connectivity index (χ2n) is 4.43. The van der Waals surface area contributed by atoms with E-state index in [0.29, 0.717) is 11.1 Å². The maximum atomic E-state index is 12.5. The fourth-order valence-electron chi connectivity index (χ4n) is 1.73. The minimum absolute atomic E-state index is 0.114. The molecule has 0 bridgehead atoms. The first-order chi connectivity index (χ1) is 9.79. The van der Waals surface area contributed by atoms with Gasteiger partial charge < -0.3 is 5.11 Å². The van der Waals surface area contributed by atoms with Gasteiger partial charge in [-0.25, -0.2) is 4.98 Å². The number of aliphatic hydroxyl groups excluding tert-OH is 1. The minimum Gasteiger partial charge on any atom is -0.384 e. The highest BCUT2D eigenvalue weighted by molar-refractivity contribution is 9.10. The summed E-state index contributed by atoms with van der Waals surface area (Å²) in [6.45, 7) is 0. The van der Waals surface area contributed by atoms with Gasteiger partial charge in [0.2, 0.25) is 0 Å². The molecule has 7 heteroatoms. The van der Waals surface area contributed by atoms with E-state index in [2.05, 4.69) is 20.9 Å². The molecular weight excluding hydrogens is 349 g/mol. The van der Waals surface area contributed by atoms with Gasteiger partial charge in [-0.2, -0.15) is 13.2 Å². The zero-order valence-electron chi connectivity index (χ0n) is 11.0. The van der Waals surface area contributed by atoms with Crippen LogP contribution >= 0.6 is 15.9 Å². The predicted octanol–water partition coefficient (Wildman–Crippen LogP) is 3.88. The largest absolute Gasteiger partial charge is 0.485 e. The molecule has 1 unspecified atom stereocenters.